The highest BCUT2D eigenvalue weighted by atomic mass is 15.1. The van der Waals surface area contributed by atoms with Crippen LogP contribution >= 0.6 is 0 Å². The number of aromatic nitrogens is 3. The minimum atomic E-state index is 0.535. The van der Waals surface area contributed by atoms with Crippen molar-refractivity contribution < 1.29 is 0 Å². The molecule has 0 fully saturated rings. The Hall–Kier alpha value is -3.72. The number of benzene rings is 1. The lowest BCUT2D eigenvalue weighted by atomic mass is 9.96. The van der Waals surface area contributed by atoms with Gasteiger partial charge in [-0.2, -0.15) is 10.2 Å². The van der Waals surface area contributed by atoms with Gasteiger partial charge in [-0.3, -0.25) is 4.98 Å². The van der Waals surface area contributed by atoms with Gasteiger partial charge in [0.25, 0.3) is 0 Å². The van der Waals surface area contributed by atoms with Gasteiger partial charge in [0, 0.05) is 43.3 Å². The van der Waals surface area contributed by atoms with Crippen molar-refractivity contribution >= 4 is 28.6 Å². The van der Waals surface area contributed by atoms with E-state index in [0.29, 0.717) is 12.4 Å². The second-order valence-corrected chi connectivity index (χ2v) is 6.80. The molecule has 2 N–H and O–H groups in total. The molecule has 0 spiro atoms. The van der Waals surface area contributed by atoms with Crippen LogP contribution in [0.15, 0.2) is 42.7 Å². The van der Waals surface area contributed by atoms with Gasteiger partial charge in [-0.05, 0) is 59.9 Å². The molecule has 0 unspecified atom stereocenters. The largest absolute Gasteiger partial charge is 0.373 e. The zero-order valence-electron chi connectivity index (χ0n) is 16.0. The van der Waals surface area contributed by atoms with Crippen molar-refractivity contribution in [3.05, 3.63) is 70.7 Å². The molecule has 138 valence electrons. The lowest BCUT2D eigenvalue weighted by molar-refractivity contribution is 1.10. The number of anilines is 3. The van der Waals surface area contributed by atoms with E-state index >= 15 is 0 Å². The molecule has 6 heteroatoms. The van der Waals surface area contributed by atoms with Crippen molar-refractivity contribution in [2.45, 2.75) is 20.3 Å². The van der Waals surface area contributed by atoms with E-state index in [4.69, 9.17) is 0 Å². The number of aryl methyl sites for hydroxylation is 2. The smallest absolute Gasteiger partial charge is 0.229 e. The third-order valence-corrected chi connectivity index (χ3v) is 4.88. The molecule has 6 nitrogen and oxygen atoms in total. The van der Waals surface area contributed by atoms with Gasteiger partial charge in [0.2, 0.25) is 5.95 Å². The Kier molecular flexibility index (Phi) is 4.50. The van der Waals surface area contributed by atoms with Gasteiger partial charge in [-0.1, -0.05) is 6.07 Å². The van der Waals surface area contributed by atoms with Crippen LogP contribution in [0.5, 0.6) is 0 Å². The Morgan fingerprint density at radius 2 is 1.93 bits per heavy atom. The summed E-state index contributed by atoms with van der Waals surface area (Å²) in [6, 6.07) is 12.3. The van der Waals surface area contributed by atoms with Gasteiger partial charge < -0.3 is 10.6 Å². The van der Waals surface area contributed by atoms with Crippen LogP contribution in [-0.4, -0.2) is 22.0 Å². The van der Waals surface area contributed by atoms with E-state index in [1.165, 1.54) is 0 Å². The van der Waals surface area contributed by atoms with Gasteiger partial charge in [-0.25, -0.2) is 4.98 Å². The van der Waals surface area contributed by atoms with Crippen molar-refractivity contribution in [3.8, 4) is 6.07 Å². The van der Waals surface area contributed by atoms with Crippen molar-refractivity contribution in [1.82, 2.24) is 15.0 Å². The summed E-state index contributed by atoms with van der Waals surface area (Å²) in [6.07, 6.45) is 4.29. The first-order chi connectivity index (χ1) is 13.6. The minimum absolute atomic E-state index is 0.535. The van der Waals surface area contributed by atoms with Gasteiger partial charge in [0.05, 0.1) is 5.57 Å². The van der Waals surface area contributed by atoms with Crippen LogP contribution in [-0.2, 0) is 6.42 Å². The first kappa shape index (κ1) is 17.7. The second kappa shape index (κ2) is 7.12. The number of rotatable bonds is 4. The quantitative estimate of drug-likeness (QED) is 0.715. The van der Waals surface area contributed by atoms with Gasteiger partial charge in [0.1, 0.15) is 11.9 Å². The second-order valence-electron chi connectivity index (χ2n) is 6.80. The van der Waals surface area contributed by atoms with Crippen molar-refractivity contribution in [1.29, 1.82) is 5.26 Å². The first-order valence-electron chi connectivity index (χ1n) is 9.07. The number of nitrogens with zero attached hydrogens (tertiary/aromatic N) is 4. The molecular formula is C22H20N6. The van der Waals surface area contributed by atoms with E-state index in [1.807, 2.05) is 38.4 Å². The highest BCUT2D eigenvalue weighted by molar-refractivity contribution is 6.03. The van der Waals surface area contributed by atoms with Crippen molar-refractivity contribution in [2.75, 3.05) is 17.7 Å². The Bertz CT molecular complexity index is 1140. The maximum Gasteiger partial charge on any atom is 0.229 e. The number of nitriles is 1. The molecule has 2 heterocycles. The molecule has 0 aliphatic heterocycles. The van der Waals surface area contributed by atoms with E-state index in [2.05, 4.69) is 50.7 Å². The van der Waals surface area contributed by atoms with Crippen LogP contribution < -0.4 is 10.6 Å². The Balaban J connectivity index is 1.73. The Morgan fingerprint density at radius 3 is 2.71 bits per heavy atom. The molecule has 1 aliphatic carbocycles. The summed E-state index contributed by atoms with van der Waals surface area (Å²) in [6.45, 7) is 3.99. The van der Waals surface area contributed by atoms with E-state index in [-0.39, 0.29) is 0 Å². The predicted molar refractivity (Wildman–Crippen MR) is 111 cm³/mol. The number of hydrogen-bond donors (Lipinski definition) is 2. The van der Waals surface area contributed by atoms with Crippen LogP contribution in [0.3, 0.4) is 0 Å². The van der Waals surface area contributed by atoms with Crippen LogP contribution in [0, 0.1) is 25.2 Å². The average Bonchev–Trinajstić information content (AvgIpc) is 3.07. The maximum atomic E-state index is 9.76. The maximum absolute atomic E-state index is 9.76. The number of nitrogens with one attached hydrogen (secondary N) is 2. The van der Waals surface area contributed by atoms with Crippen LogP contribution in [0.25, 0.3) is 11.1 Å². The number of pyridine rings is 1. The number of hydrogen-bond acceptors (Lipinski definition) is 6. The molecule has 1 aliphatic rings. The lowest BCUT2D eigenvalue weighted by Gasteiger charge is -2.12. The van der Waals surface area contributed by atoms with Gasteiger partial charge in [0.15, 0.2) is 0 Å². The molecule has 1 aromatic carbocycles. The summed E-state index contributed by atoms with van der Waals surface area (Å²) in [5, 5.41) is 16.1. The SMILES string of the molecule is CNc1cc(C)nc(Nc2ccc(C)c(C3=C(C#N)c4ccncc4C3)c2)n1. The number of allylic oxidation sites excluding steroid dienone is 2. The summed E-state index contributed by atoms with van der Waals surface area (Å²) in [5.74, 6) is 1.29. The van der Waals surface area contributed by atoms with Crippen molar-refractivity contribution in [2.24, 2.45) is 0 Å². The van der Waals surface area contributed by atoms with Crippen LogP contribution in [0.2, 0.25) is 0 Å². The fourth-order valence-electron chi connectivity index (χ4n) is 3.52. The van der Waals surface area contributed by atoms with Gasteiger partial charge in [-0.15, -0.1) is 0 Å². The summed E-state index contributed by atoms with van der Waals surface area (Å²) in [4.78, 5) is 13.1. The highest BCUT2D eigenvalue weighted by Crippen LogP contribution is 2.39. The molecule has 28 heavy (non-hydrogen) atoms. The van der Waals surface area contributed by atoms with E-state index in [9.17, 15) is 5.26 Å². The Labute approximate surface area is 164 Å². The molecule has 0 saturated heterocycles. The molecule has 0 saturated carbocycles. The van der Waals surface area contributed by atoms with Gasteiger partial charge >= 0.3 is 0 Å². The third kappa shape index (κ3) is 3.19. The summed E-state index contributed by atoms with van der Waals surface area (Å²) < 4.78 is 0. The summed E-state index contributed by atoms with van der Waals surface area (Å²) in [7, 11) is 1.83. The molecular weight excluding hydrogens is 348 g/mol. The van der Waals surface area contributed by atoms with E-state index in [1.54, 1.807) is 6.20 Å². The fraction of sp³-hybridized carbons (Fsp3) is 0.182. The topological polar surface area (TPSA) is 86.5 Å². The van der Waals surface area contributed by atoms with Crippen molar-refractivity contribution in [3.63, 3.8) is 0 Å². The average molecular weight is 368 g/mol. The molecule has 4 rings (SSSR count). The van der Waals surface area contributed by atoms with Crippen LogP contribution in [0.1, 0.15) is 27.9 Å². The first-order valence-corrected chi connectivity index (χ1v) is 9.07. The molecule has 3 aromatic rings. The Morgan fingerprint density at radius 1 is 1.07 bits per heavy atom. The molecule has 0 atom stereocenters. The van der Waals surface area contributed by atoms with Crippen LogP contribution in [0.4, 0.5) is 17.5 Å². The highest BCUT2D eigenvalue weighted by Gasteiger charge is 2.23. The zero-order valence-corrected chi connectivity index (χ0v) is 16.0. The standard InChI is InChI=1S/C22H20N6/c1-13-4-5-16(27-22-26-14(2)8-21(24-3)28-22)10-18(13)19-9-15-12-25-7-6-17(15)20(19)11-23/h4-8,10,12H,9H2,1-3H3,(H2,24,26,27,28). The third-order valence-electron chi connectivity index (χ3n) is 4.88. The minimum Gasteiger partial charge on any atom is -0.373 e. The predicted octanol–water partition coefficient (Wildman–Crippen LogP) is 4.26. The lowest BCUT2D eigenvalue weighted by Crippen LogP contribution is -2.03. The summed E-state index contributed by atoms with van der Waals surface area (Å²) >= 11 is 0. The monoisotopic (exact) mass is 368 g/mol. The van der Waals surface area contributed by atoms with E-state index in [0.717, 1.165) is 50.6 Å². The molecule has 0 radical (unpaired) electrons. The fourth-order valence-corrected chi connectivity index (χ4v) is 3.52. The summed E-state index contributed by atoms with van der Waals surface area (Å²) in [5.41, 5.74) is 7.76. The molecule has 2 aromatic heterocycles. The molecule has 0 bridgehead atoms. The normalized spacial score (nSPS) is 12.5. The molecule has 0 amide bonds. The zero-order chi connectivity index (χ0) is 19.7. The number of fused-ring (bicyclic) bond motifs is 1. The van der Waals surface area contributed by atoms with E-state index < -0.39 is 0 Å².